The zero-order chi connectivity index (χ0) is 24.6. The van der Waals surface area contributed by atoms with E-state index >= 15 is 0 Å². The van der Waals surface area contributed by atoms with Crippen molar-refractivity contribution in [2.24, 2.45) is 0 Å². The van der Waals surface area contributed by atoms with E-state index in [2.05, 4.69) is 20.4 Å². The number of rotatable bonds is 9. The van der Waals surface area contributed by atoms with Crippen LogP contribution in [0.2, 0.25) is 5.02 Å². The van der Waals surface area contributed by atoms with Gasteiger partial charge in [-0.05, 0) is 56.9 Å². The summed E-state index contributed by atoms with van der Waals surface area (Å²) in [6, 6.07) is 7.95. The molecule has 0 atom stereocenters. The van der Waals surface area contributed by atoms with Gasteiger partial charge in [0.1, 0.15) is 17.3 Å². The average molecular weight is 501 g/mol. The lowest BCUT2D eigenvalue weighted by Crippen LogP contribution is -2.61. The van der Waals surface area contributed by atoms with Gasteiger partial charge in [-0.15, -0.1) is 0 Å². The number of aromatic nitrogens is 3. The van der Waals surface area contributed by atoms with Crippen molar-refractivity contribution in [3.05, 3.63) is 64.8 Å². The molecule has 0 unspecified atom stereocenters. The Balaban J connectivity index is 1.10. The highest BCUT2D eigenvalue weighted by molar-refractivity contribution is 6.30. The molecule has 1 N–H and O–H groups in total. The maximum atomic E-state index is 13.5. The molecule has 8 nitrogen and oxygen atoms in total. The van der Waals surface area contributed by atoms with Gasteiger partial charge in [0, 0.05) is 23.2 Å². The summed E-state index contributed by atoms with van der Waals surface area (Å²) in [5.41, 5.74) is 0.305. The number of pyridine rings is 1. The predicted octanol–water partition coefficient (Wildman–Crippen LogP) is 4.72. The molecular formula is C25H26ClFN4O4. The maximum Gasteiger partial charge on any atom is 0.258 e. The van der Waals surface area contributed by atoms with Crippen molar-refractivity contribution in [1.82, 2.24) is 20.4 Å². The lowest BCUT2D eigenvalue weighted by molar-refractivity contribution is -0.127. The SMILES string of the molecule is CC1(NC(=O)COc2ccc(Cl)c(F)c2)CC(C)(c2nc(COc3ccc(C4CC4)nc3)no2)C1. The number of nitrogens with one attached hydrogen (secondary N) is 1. The molecule has 35 heavy (non-hydrogen) atoms. The third-order valence-electron chi connectivity index (χ3n) is 6.37. The van der Waals surface area contributed by atoms with Crippen molar-refractivity contribution in [1.29, 1.82) is 0 Å². The topological polar surface area (TPSA) is 99.4 Å². The van der Waals surface area contributed by atoms with Crippen LogP contribution in [0.15, 0.2) is 41.1 Å². The Morgan fingerprint density at radius 3 is 2.66 bits per heavy atom. The number of halogens is 2. The zero-order valence-corrected chi connectivity index (χ0v) is 20.3. The van der Waals surface area contributed by atoms with E-state index in [-0.39, 0.29) is 35.3 Å². The molecule has 3 aromatic rings. The van der Waals surface area contributed by atoms with Crippen molar-refractivity contribution in [3.8, 4) is 11.5 Å². The van der Waals surface area contributed by atoms with Crippen LogP contribution in [-0.2, 0) is 16.8 Å². The minimum Gasteiger partial charge on any atom is -0.484 e. The summed E-state index contributed by atoms with van der Waals surface area (Å²) in [6.07, 6.45) is 5.38. The summed E-state index contributed by atoms with van der Waals surface area (Å²) >= 11 is 5.66. The number of benzene rings is 1. The molecule has 10 heteroatoms. The first-order valence-electron chi connectivity index (χ1n) is 11.5. The van der Waals surface area contributed by atoms with E-state index in [1.54, 1.807) is 6.20 Å². The monoisotopic (exact) mass is 500 g/mol. The van der Waals surface area contributed by atoms with E-state index < -0.39 is 11.4 Å². The highest BCUT2D eigenvalue weighted by Gasteiger charge is 2.53. The summed E-state index contributed by atoms with van der Waals surface area (Å²) in [5.74, 6) is 1.56. The van der Waals surface area contributed by atoms with E-state index in [9.17, 15) is 9.18 Å². The Morgan fingerprint density at radius 2 is 1.97 bits per heavy atom. The van der Waals surface area contributed by atoms with Crippen molar-refractivity contribution >= 4 is 17.5 Å². The average Bonchev–Trinajstić information content (AvgIpc) is 3.54. The fourth-order valence-corrected chi connectivity index (χ4v) is 4.92. The Hall–Kier alpha value is -3.20. The van der Waals surface area contributed by atoms with E-state index in [4.69, 9.17) is 25.6 Å². The Bertz CT molecular complexity index is 1220. The van der Waals surface area contributed by atoms with Gasteiger partial charge in [0.25, 0.3) is 5.91 Å². The first-order chi connectivity index (χ1) is 16.7. The van der Waals surface area contributed by atoms with Gasteiger partial charge in [-0.25, -0.2) is 4.39 Å². The minimum atomic E-state index is -0.598. The first kappa shape index (κ1) is 23.5. The van der Waals surface area contributed by atoms with Crippen LogP contribution in [0.3, 0.4) is 0 Å². The molecule has 2 heterocycles. The minimum absolute atomic E-state index is 0.00153. The molecular weight excluding hydrogens is 475 g/mol. The molecule has 1 amide bonds. The van der Waals surface area contributed by atoms with Crippen LogP contribution in [0.25, 0.3) is 0 Å². The van der Waals surface area contributed by atoms with Gasteiger partial charge in [-0.3, -0.25) is 9.78 Å². The summed E-state index contributed by atoms with van der Waals surface area (Å²) in [7, 11) is 0. The van der Waals surface area contributed by atoms with Crippen LogP contribution in [-0.4, -0.2) is 33.2 Å². The summed E-state index contributed by atoms with van der Waals surface area (Å²) in [6.45, 7) is 3.92. The molecule has 1 aromatic carbocycles. The van der Waals surface area contributed by atoms with E-state index in [0.29, 0.717) is 36.2 Å². The molecule has 2 aromatic heterocycles. The van der Waals surface area contributed by atoms with Gasteiger partial charge in [0.05, 0.1) is 16.6 Å². The number of ether oxygens (including phenoxy) is 2. The molecule has 2 aliphatic carbocycles. The lowest BCUT2D eigenvalue weighted by Gasteiger charge is -2.51. The van der Waals surface area contributed by atoms with Crippen LogP contribution < -0.4 is 14.8 Å². The van der Waals surface area contributed by atoms with Crippen molar-refractivity contribution in [3.63, 3.8) is 0 Å². The quantitative estimate of drug-likeness (QED) is 0.454. The second-order valence-corrected chi connectivity index (χ2v) is 10.3. The van der Waals surface area contributed by atoms with Crippen LogP contribution in [0, 0.1) is 5.82 Å². The molecule has 2 saturated carbocycles. The Labute approximate surface area is 207 Å². The molecule has 0 saturated heterocycles. The molecule has 2 fully saturated rings. The van der Waals surface area contributed by atoms with Crippen molar-refractivity contribution in [2.75, 3.05) is 6.61 Å². The number of carbonyl (C=O) groups excluding carboxylic acids is 1. The van der Waals surface area contributed by atoms with Crippen LogP contribution >= 0.6 is 11.6 Å². The molecule has 5 rings (SSSR count). The first-order valence-corrected chi connectivity index (χ1v) is 11.9. The van der Waals surface area contributed by atoms with Crippen molar-refractivity contribution < 1.29 is 23.2 Å². The largest absolute Gasteiger partial charge is 0.484 e. The highest BCUT2D eigenvalue weighted by atomic mass is 35.5. The van der Waals surface area contributed by atoms with Gasteiger partial charge in [0.2, 0.25) is 11.7 Å². The standard InChI is InChI=1S/C25H26ClFN4O4/c1-24(13-25(2,14-24)30-22(32)12-34-16-5-7-18(26)19(27)9-16)23-29-21(31-35-23)11-33-17-6-8-20(28-10-17)15-3-4-15/h5-10,15H,3-4,11-14H2,1-2H3,(H,30,32). The second-order valence-electron chi connectivity index (χ2n) is 9.89. The smallest absolute Gasteiger partial charge is 0.258 e. The van der Waals surface area contributed by atoms with Crippen LogP contribution in [0.1, 0.15) is 62.9 Å². The lowest BCUT2D eigenvalue weighted by atomic mass is 9.59. The van der Waals surface area contributed by atoms with Crippen molar-refractivity contribution in [2.45, 2.75) is 63.0 Å². The molecule has 0 spiro atoms. The van der Waals surface area contributed by atoms with E-state index in [1.807, 2.05) is 26.0 Å². The number of nitrogens with zero attached hydrogens (tertiary/aromatic N) is 3. The maximum absolute atomic E-state index is 13.5. The van der Waals surface area contributed by atoms with Gasteiger partial charge in [0.15, 0.2) is 13.2 Å². The van der Waals surface area contributed by atoms with Gasteiger partial charge in [-0.1, -0.05) is 23.7 Å². The molecule has 184 valence electrons. The highest BCUT2D eigenvalue weighted by Crippen LogP contribution is 2.49. The van der Waals surface area contributed by atoms with Gasteiger partial charge >= 0.3 is 0 Å². The number of carbonyl (C=O) groups is 1. The Kier molecular flexibility index (Phi) is 6.13. The number of hydrogen-bond donors (Lipinski definition) is 1. The summed E-state index contributed by atoms with van der Waals surface area (Å²) in [5, 5.41) is 7.02. The fraction of sp³-hybridized carbons (Fsp3) is 0.440. The third-order valence-corrected chi connectivity index (χ3v) is 6.68. The normalized spacial score (nSPS) is 23.4. The summed E-state index contributed by atoms with van der Waals surface area (Å²) < 4.78 is 30.1. The fourth-order valence-electron chi connectivity index (χ4n) is 4.80. The van der Waals surface area contributed by atoms with E-state index in [0.717, 1.165) is 11.8 Å². The molecule has 2 aliphatic rings. The van der Waals surface area contributed by atoms with Gasteiger partial charge < -0.3 is 19.3 Å². The predicted molar refractivity (Wildman–Crippen MR) is 125 cm³/mol. The van der Waals surface area contributed by atoms with E-state index in [1.165, 1.54) is 25.0 Å². The molecule has 0 aliphatic heterocycles. The molecule has 0 bridgehead atoms. The van der Waals surface area contributed by atoms with Crippen LogP contribution in [0.5, 0.6) is 11.5 Å². The van der Waals surface area contributed by atoms with Gasteiger partial charge in [-0.2, -0.15) is 4.98 Å². The number of hydrogen-bond acceptors (Lipinski definition) is 7. The zero-order valence-electron chi connectivity index (χ0n) is 19.5. The second kappa shape index (κ2) is 9.11. The van der Waals surface area contributed by atoms with Crippen LogP contribution in [0.4, 0.5) is 4.39 Å². The third kappa shape index (κ3) is 5.40. The molecule has 0 radical (unpaired) electrons. The Morgan fingerprint density at radius 1 is 1.20 bits per heavy atom. The summed E-state index contributed by atoms with van der Waals surface area (Å²) in [4.78, 5) is 21.3. The number of amides is 1.